The Morgan fingerprint density at radius 2 is 1.80 bits per heavy atom. The Morgan fingerprint density at radius 3 is 2.20 bits per heavy atom. The Kier molecular flexibility index (Phi) is 5.80. The summed E-state index contributed by atoms with van der Waals surface area (Å²) < 4.78 is 40.8. The molecule has 1 radical (unpaired) electrons. The molecule has 2 N–H and O–H groups in total. The molecule has 83 valence electrons. The van der Waals surface area contributed by atoms with Crippen molar-refractivity contribution in [3.8, 4) is 5.75 Å². The third-order valence-electron chi connectivity index (χ3n) is 1.40. The van der Waals surface area contributed by atoms with Gasteiger partial charge in [0.25, 0.3) is 0 Å². The summed E-state index contributed by atoms with van der Waals surface area (Å²) in [6.45, 7) is 0. The van der Waals surface area contributed by atoms with E-state index in [0.29, 0.717) is 0 Å². The van der Waals surface area contributed by atoms with E-state index < -0.39 is 11.7 Å². The summed E-state index contributed by atoms with van der Waals surface area (Å²) in [7, 11) is 1.33. The van der Waals surface area contributed by atoms with Crippen LogP contribution in [0, 0.1) is 0 Å². The maximum atomic E-state index is 12.0. The van der Waals surface area contributed by atoms with Crippen LogP contribution >= 0.6 is 0 Å². The Labute approximate surface area is 85.4 Å². The standard InChI is InChI=1S/C8H7F3O.BH2O2/c1-12-7-4-2-3-6(5-7)8(9,10)11;2-1-3/h2-5H,1H3;2-3H. The molecule has 0 atom stereocenters. The Bertz CT molecular complexity index is 291. The molecule has 0 spiro atoms. The van der Waals surface area contributed by atoms with Crippen molar-refractivity contribution < 1.29 is 28.0 Å². The van der Waals surface area contributed by atoms with Gasteiger partial charge >= 0.3 is 13.9 Å². The maximum absolute atomic E-state index is 12.0. The van der Waals surface area contributed by atoms with Crippen LogP contribution < -0.4 is 4.74 Å². The van der Waals surface area contributed by atoms with Crippen LogP contribution in [0.2, 0.25) is 0 Å². The van der Waals surface area contributed by atoms with E-state index >= 15 is 0 Å². The van der Waals surface area contributed by atoms with Crippen LogP contribution in [0.15, 0.2) is 24.3 Å². The van der Waals surface area contributed by atoms with Crippen LogP contribution in [-0.4, -0.2) is 24.8 Å². The first-order valence-electron chi connectivity index (χ1n) is 3.77. The van der Waals surface area contributed by atoms with Crippen LogP contribution in [-0.2, 0) is 6.18 Å². The van der Waals surface area contributed by atoms with E-state index in [-0.39, 0.29) is 13.4 Å². The number of rotatable bonds is 1. The van der Waals surface area contributed by atoms with Crippen LogP contribution in [0.5, 0.6) is 5.75 Å². The summed E-state index contributed by atoms with van der Waals surface area (Å²) in [5, 5.41) is 14.0. The van der Waals surface area contributed by atoms with Crippen molar-refractivity contribution in [2.24, 2.45) is 0 Å². The number of ether oxygens (including phenoxy) is 1. The molecule has 0 aliphatic carbocycles. The number of alkyl halides is 3. The van der Waals surface area contributed by atoms with Gasteiger partial charge in [0.2, 0.25) is 0 Å². The van der Waals surface area contributed by atoms with Crippen LogP contribution in [0.1, 0.15) is 5.56 Å². The predicted octanol–water partition coefficient (Wildman–Crippen LogP) is 1.22. The van der Waals surface area contributed by atoms with Gasteiger partial charge in [-0.25, -0.2) is 0 Å². The lowest BCUT2D eigenvalue weighted by Crippen LogP contribution is -2.04. The maximum Gasteiger partial charge on any atom is 0.482 e. The zero-order chi connectivity index (χ0) is 11.9. The van der Waals surface area contributed by atoms with Crippen molar-refractivity contribution in [1.29, 1.82) is 0 Å². The molecule has 0 unspecified atom stereocenters. The fourth-order valence-corrected chi connectivity index (χ4v) is 0.799. The molecular formula is C8H9BF3O3. The number of hydrogen-bond donors (Lipinski definition) is 2. The fourth-order valence-electron chi connectivity index (χ4n) is 0.799. The first-order chi connectivity index (χ1) is 6.95. The lowest BCUT2D eigenvalue weighted by Gasteiger charge is -2.07. The van der Waals surface area contributed by atoms with Crippen molar-refractivity contribution >= 4 is 7.69 Å². The number of benzene rings is 1. The molecule has 0 saturated heterocycles. The van der Waals surface area contributed by atoms with E-state index in [9.17, 15) is 13.2 Å². The van der Waals surface area contributed by atoms with E-state index in [1.807, 2.05) is 0 Å². The van der Waals surface area contributed by atoms with Gasteiger partial charge in [0.15, 0.2) is 0 Å². The largest absolute Gasteiger partial charge is 0.497 e. The zero-order valence-electron chi connectivity index (χ0n) is 7.82. The molecule has 15 heavy (non-hydrogen) atoms. The first-order valence-corrected chi connectivity index (χ1v) is 3.77. The number of halogens is 3. The summed E-state index contributed by atoms with van der Waals surface area (Å²) in [5.41, 5.74) is -0.693. The molecule has 0 amide bonds. The van der Waals surface area contributed by atoms with Crippen molar-refractivity contribution in [3.05, 3.63) is 29.8 Å². The topological polar surface area (TPSA) is 49.7 Å². The molecule has 1 aromatic carbocycles. The van der Waals surface area contributed by atoms with Gasteiger partial charge in [-0.2, -0.15) is 13.2 Å². The Morgan fingerprint density at radius 1 is 1.27 bits per heavy atom. The van der Waals surface area contributed by atoms with Crippen LogP contribution in [0.4, 0.5) is 13.2 Å². The summed E-state index contributed by atoms with van der Waals surface area (Å²) in [5.74, 6) is 0.213. The number of hydrogen-bond acceptors (Lipinski definition) is 3. The van der Waals surface area contributed by atoms with Crippen LogP contribution in [0.3, 0.4) is 0 Å². The number of methoxy groups -OCH3 is 1. The summed E-state index contributed by atoms with van der Waals surface area (Å²) in [6.07, 6.45) is -4.30. The molecule has 0 heterocycles. The van der Waals surface area contributed by atoms with E-state index in [2.05, 4.69) is 4.74 Å². The minimum atomic E-state index is -4.30. The highest BCUT2D eigenvalue weighted by Crippen LogP contribution is 2.30. The van der Waals surface area contributed by atoms with Crippen LogP contribution in [0.25, 0.3) is 0 Å². The smallest absolute Gasteiger partial charge is 0.482 e. The molecule has 0 aliphatic rings. The van der Waals surface area contributed by atoms with Gasteiger partial charge in [-0.1, -0.05) is 6.07 Å². The zero-order valence-corrected chi connectivity index (χ0v) is 7.82. The quantitative estimate of drug-likeness (QED) is 0.701. The van der Waals surface area contributed by atoms with Gasteiger partial charge in [-0.05, 0) is 18.2 Å². The second-order valence-corrected chi connectivity index (χ2v) is 2.35. The van der Waals surface area contributed by atoms with E-state index in [1.165, 1.54) is 19.2 Å². The molecule has 7 heteroatoms. The second-order valence-electron chi connectivity index (χ2n) is 2.35. The summed E-state index contributed by atoms with van der Waals surface area (Å²) in [6, 6.07) is 4.74. The van der Waals surface area contributed by atoms with E-state index in [0.717, 1.165) is 12.1 Å². The minimum absolute atomic E-state index is 0. The molecule has 1 aromatic rings. The molecule has 0 aromatic heterocycles. The van der Waals surface area contributed by atoms with Crippen molar-refractivity contribution in [2.75, 3.05) is 7.11 Å². The highest BCUT2D eigenvalue weighted by molar-refractivity contribution is 6.13. The fraction of sp³-hybridized carbons (Fsp3) is 0.250. The Balaban J connectivity index is 0.000000583. The van der Waals surface area contributed by atoms with E-state index in [1.54, 1.807) is 0 Å². The second kappa shape index (κ2) is 6.31. The monoisotopic (exact) mass is 221 g/mol. The van der Waals surface area contributed by atoms with E-state index in [4.69, 9.17) is 10.0 Å². The lowest BCUT2D eigenvalue weighted by atomic mass is 10.2. The molecular weight excluding hydrogens is 212 g/mol. The molecule has 0 bridgehead atoms. The molecule has 3 nitrogen and oxygen atoms in total. The Hall–Kier alpha value is -1.21. The first kappa shape index (κ1) is 13.8. The SMILES string of the molecule is COc1cccc(C(F)(F)F)c1.O[B]O. The van der Waals surface area contributed by atoms with Gasteiger partial charge in [0.1, 0.15) is 5.75 Å². The average molecular weight is 221 g/mol. The predicted molar refractivity (Wildman–Crippen MR) is 48.2 cm³/mol. The van der Waals surface area contributed by atoms with Gasteiger partial charge in [-0.3, -0.25) is 0 Å². The van der Waals surface area contributed by atoms with Crippen molar-refractivity contribution in [1.82, 2.24) is 0 Å². The third-order valence-corrected chi connectivity index (χ3v) is 1.40. The summed E-state index contributed by atoms with van der Waals surface area (Å²) >= 11 is 0. The van der Waals surface area contributed by atoms with Crippen molar-refractivity contribution in [2.45, 2.75) is 6.18 Å². The minimum Gasteiger partial charge on any atom is -0.497 e. The highest BCUT2D eigenvalue weighted by atomic mass is 19.4. The van der Waals surface area contributed by atoms with Gasteiger partial charge in [-0.15, -0.1) is 0 Å². The third kappa shape index (κ3) is 5.29. The normalized spacial score (nSPS) is 10.0. The van der Waals surface area contributed by atoms with Gasteiger partial charge in [0, 0.05) is 0 Å². The molecule has 1 rings (SSSR count). The molecule has 0 saturated carbocycles. The highest BCUT2D eigenvalue weighted by Gasteiger charge is 2.30. The van der Waals surface area contributed by atoms with Gasteiger partial charge < -0.3 is 14.8 Å². The van der Waals surface area contributed by atoms with Gasteiger partial charge in [0.05, 0.1) is 12.7 Å². The summed E-state index contributed by atoms with van der Waals surface area (Å²) in [4.78, 5) is 0. The molecule has 0 aliphatic heterocycles. The lowest BCUT2D eigenvalue weighted by molar-refractivity contribution is -0.137. The van der Waals surface area contributed by atoms with Crippen molar-refractivity contribution in [3.63, 3.8) is 0 Å². The average Bonchev–Trinajstić information content (AvgIpc) is 2.18. The molecule has 0 fully saturated rings.